The van der Waals surface area contributed by atoms with Crippen molar-refractivity contribution in [2.24, 2.45) is 0 Å². The Morgan fingerprint density at radius 3 is 1.97 bits per heavy atom. The Morgan fingerprint density at radius 2 is 1.46 bits per heavy atom. The molecule has 0 saturated carbocycles. The Labute approximate surface area is 243 Å². The maximum absolute atomic E-state index is 11.7. The van der Waals surface area contributed by atoms with Gasteiger partial charge in [-0.2, -0.15) is 4.57 Å². The van der Waals surface area contributed by atoms with Gasteiger partial charge in [0.25, 0.3) is 5.56 Å². The summed E-state index contributed by atoms with van der Waals surface area (Å²) in [7, 11) is 4.20. The van der Waals surface area contributed by atoms with Crippen LogP contribution in [-0.2, 0) is 13.0 Å². The molecule has 214 valence electrons. The summed E-state index contributed by atoms with van der Waals surface area (Å²) in [6, 6.07) is 0. The second-order valence-corrected chi connectivity index (χ2v) is 13.0. The maximum Gasteiger partial charge on any atom is 0.260 e. The average Bonchev–Trinajstić information content (AvgIpc) is 3.20. The molecular weight excluding hydrogens is 542 g/mol. The summed E-state index contributed by atoms with van der Waals surface area (Å²) < 4.78 is 2.01. The molecule has 37 heavy (non-hydrogen) atoms. The van der Waals surface area contributed by atoms with E-state index >= 15 is 0 Å². The number of hydrogen-bond acceptors (Lipinski definition) is 6. The molecule has 0 saturated heterocycles. The first-order valence-corrected chi connectivity index (χ1v) is 17.3. The number of aliphatic hydroxyl groups is 1. The number of halogens is 1. The van der Waals surface area contributed by atoms with E-state index in [2.05, 4.69) is 45.4 Å². The highest BCUT2D eigenvalue weighted by Gasteiger charge is 2.16. The molecule has 2 aromatic rings. The van der Waals surface area contributed by atoms with Gasteiger partial charge in [0.05, 0.1) is 4.88 Å². The van der Waals surface area contributed by atoms with Crippen LogP contribution >= 0.6 is 32.9 Å². The second-order valence-electron chi connectivity index (χ2n) is 9.34. The molecule has 0 spiro atoms. The van der Waals surface area contributed by atoms with Crippen LogP contribution in [0.1, 0.15) is 113 Å². The van der Waals surface area contributed by atoms with E-state index in [1.165, 1.54) is 88.6 Å². The third-order valence-corrected chi connectivity index (χ3v) is 9.80. The number of aromatic amines is 1. The lowest BCUT2D eigenvalue weighted by atomic mass is 10.1. The largest absolute Gasteiger partial charge is 1.00 e. The Kier molecular flexibility index (Phi) is 24.1. The number of nitrogens with one attached hydrogen (secondary N) is 1. The smallest absolute Gasteiger partial charge is 0.260 e. The fourth-order valence-corrected chi connectivity index (χ4v) is 7.03. The van der Waals surface area contributed by atoms with Gasteiger partial charge in [-0.05, 0) is 19.8 Å². The number of nitrogens with zero attached hydrogens (tertiary/aromatic N) is 2. The number of H-pyrrole nitrogens is 1. The third kappa shape index (κ3) is 17.6. The molecule has 2 N–H and O–H groups in total. The Hall–Kier alpha value is -0.540. The Balaban J connectivity index is 0.000000682. The number of thiazole rings is 1. The third-order valence-electron chi connectivity index (χ3n) is 6.08. The van der Waals surface area contributed by atoms with Crippen LogP contribution in [0.25, 0.3) is 0 Å². The van der Waals surface area contributed by atoms with Crippen molar-refractivity contribution < 1.29 is 22.1 Å². The van der Waals surface area contributed by atoms with Crippen molar-refractivity contribution >= 4 is 32.9 Å². The van der Waals surface area contributed by atoms with Crippen LogP contribution in [0, 0.1) is 13.8 Å². The summed E-state index contributed by atoms with van der Waals surface area (Å²) in [6.07, 6.45) is 19.4. The van der Waals surface area contributed by atoms with E-state index in [9.17, 15) is 4.79 Å². The zero-order valence-electron chi connectivity index (χ0n) is 23.5. The molecule has 0 unspecified atom stereocenters. The van der Waals surface area contributed by atoms with Crippen molar-refractivity contribution in [1.29, 1.82) is 0 Å². The van der Waals surface area contributed by atoms with Crippen molar-refractivity contribution in [3.05, 3.63) is 44.0 Å². The van der Waals surface area contributed by atoms with E-state index in [4.69, 9.17) is 5.11 Å². The molecule has 0 aromatic carbocycles. The fourth-order valence-electron chi connectivity index (χ4n) is 3.76. The minimum Gasteiger partial charge on any atom is -1.00 e. The molecule has 0 aliphatic carbocycles. The van der Waals surface area contributed by atoms with Crippen LogP contribution in [0.5, 0.6) is 0 Å². The van der Waals surface area contributed by atoms with Crippen molar-refractivity contribution in [3.63, 3.8) is 0 Å². The number of aliphatic hydroxyl groups excluding tert-OH is 1. The van der Waals surface area contributed by atoms with Crippen LogP contribution in [-0.4, -0.2) is 33.2 Å². The highest BCUT2D eigenvalue weighted by molar-refractivity contribution is 8.76. The first-order chi connectivity index (χ1) is 17.5. The molecule has 0 radical (unpaired) electrons. The van der Waals surface area contributed by atoms with Gasteiger partial charge in [-0.1, -0.05) is 111 Å². The summed E-state index contributed by atoms with van der Waals surface area (Å²) in [4.78, 5) is 19.7. The molecule has 2 rings (SSSR count). The van der Waals surface area contributed by atoms with Gasteiger partial charge in [-0.3, -0.25) is 4.79 Å². The van der Waals surface area contributed by atoms with E-state index in [1.54, 1.807) is 24.5 Å². The molecular formula is C28H50ClN3O2S3. The molecule has 2 heterocycles. The Bertz CT molecular complexity index is 845. The summed E-state index contributed by atoms with van der Waals surface area (Å²) in [5.74, 6) is 3.36. The lowest BCUT2D eigenvalue weighted by molar-refractivity contribution is -0.689. The Morgan fingerprint density at radius 1 is 0.919 bits per heavy atom. The van der Waals surface area contributed by atoms with E-state index in [0.29, 0.717) is 24.4 Å². The fraction of sp³-hybridized carbons (Fsp3) is 0.750. The molecule has 0 atom stereocenters. The number of rotatable bonds is 19. The standard InChI is InChI=1S/C16H34S2.C12H15N3O2S.ClH/c1-3-5-7-9-11-13-15-17-18-16-14-12-10-8-6-4-2;1-8-11(3-4-16)18-7-15(8)6-10-5-13-9(2)14-12(10)17;/h3-16H2,1-2H3;5,7,16H,3-4,6H2,1-2H3;1H. The van der Waals surface area contributed by atoms with E-state index in [-0.39, 0.29) is 24.6 Å². The molecule has 9 heteroatoms. The van der Waals surface area contributed by atoms with Gasteiger partial charge in [-0.25, -0.2) is 4.98 Å². The number of aryl methyl sites for hydroxylation is 1. The van der Waals surface area contributed by atoms with Gasteiger partial charge in [0.1, 0.15) is 11.4 Å². The summed E-state index contributed by atoms with van der Waals surface area (Å²) in [5.41, 5.74) is 3.61. The van der Waals surface area contributed by atoms with Gasteiger partial charge in [0.15, 0.2) is 12.2 Å². The SMILES string of the molecule is CCCCCCCCSSCCCCCCCC.Cc1ncc(C[n+]2csc(CCO)c2C)c(=O)[nH]1.[Cl-]. The van der Waals surface area contributed by atoms with Gasteiger partial charge in [0.2, 0.25) is 5.51 Å². The summed E-state index contributed by atoms with van der Waals surface area (Å²) in [6.45, 7) is 8.98. The molecule has 0 aliphatic rings. The molecule has 0 bridgehead atoms. The minimum absolute atomic E-state index is 0. The zero-order valence-corrected chi connectivity index (χ0v) is 26.7. The number of aromatic nitrogens is 3. The van der Waals surface area contributed by atoms with Gasteiger partial charge < -0.3 is 22.5 Å². The first kappa shape index (κ1) is 36.5. The van der Waals surface area contributed by atoms with E-state index in [0.717, 1.165) is 10.6 Å². The normalized spacial score (nSPS) is 10.6. The van der Waals surface area contributed by atoms with Crippen molar-refractivity contribution in [3.8, 4) is 0 Å². The van der Waals surface area contributed by atoms with Crippen LogP contribution in [0.4, 0.5) is 0 Å². The van der Waals surface area contributed by atoms with Crippen LogP contribution in [0.2, 0.25) is 0 Å². The average molecular weight is 592 g/mol. The highest BCUT2D eigenvalue weighted by Crippen LogP contribution is 2.24. The first-order valence-electron chi connectivity index (χ1n) is 13.9. The van der Waals surface area contributed by atoms with Gasteiger partial charge in [-0.15, -0.1) is 0 Å². The predicted octanol–water partition coefficient (Wildman–Crippen LogP) is 4.41. The maximum atomic E-state index is 11.7. The molecule has 0 amide bonds. The summed E-state index contributed by atoms with van der Waals surface area (Å²) >= 11 is 1.60. The quantitative estimate of drug-likeness (QED) is 0.144. The second kappa shape index (κ2) is 24.5. The van der Waals surface area contributed by atoms with E-state index in [1.807, 2.05) is 17.0 Å². The monoisotopic (exact) mass is 591 g/mol. The zero-order chi connectivity index (χ0) is 26.4. The van der Waals surface area contributed by atoms with Gasteiger partial charge >= 0.3 is 0 Å². The molecule has 0 fully saturated rings. The van der Waals surface area contributed by atoms with Crippen molar-refractivity contribution in [2.45, 2.75) is 118 Å². The molecule has 5 nitrogen and oxygen atoms in total. The predicted molar refractivity (Wildman–Crippen MR) is 160 cm³/mol. The topological polar surface area (TPSA) is 69.9 Å². The van der Waals surface area contributed by atoms with Gasteiger partial charge in [0, 0.05) is 37.7 Å². The minimum atomic E-state index is -0.0932. The van der Waals surface area contributed by atoms with Crippen molar-refractivity contribution in [1.82, 2.24) is 9.97 Å². The van der Waals surface area contributed by atoms with Crippen LogP contribution in [0.3, 0.4) is 0 Å². The van der Waals surface area contributed by atoms with Crippen LogP contribution < -0.4 is 22.5 Å². The molecule has 2 aromatic heterocycles. The van der Waals surface area contributed by atoms with E-state index < -0.39 is 0 Å². The number of unbranched alkanes of at least 4 members (excludes halogenated alkanes) is 10. The van der Waals surface area contributed by atoms with Crippen LogP contribution in [0.15, 0.2) is 16.5 Å². The lowest BCUT2D eigenvalue weighted by Crippen LogP contribution is -3.00. The molecule has 0 aliphatic heterocycles. The number of hydrogen-bond donors (Lipinski definition) is 2. The lowest BCUT2D eigenvalue weighted by Gasteiger charge is -2.02. The highest BCUT2D eigenvalue weighted by atomic mass is 35.5. The van der Waals surface area contributed by atoms with Crippen molar-refractivity contribution in [2.75, 3.05) is 18.1 Å². The summed E-state index contributed by atoms with van der Waals surface area (Å²) in [5, 5.41) is 8.95.